The van der Waals surface area contributed by atoms with E-state index in [0.29, 0.717) is 22.8 Å². The number of hydrogen-bond donors (Lipinski definition) is 1. The number of methoxy groups -OCH3 is 1. The maximum atomic E-state index is 13.3. The molecule has 6 heteroatoms. The van der Waals surface area contributed by atoms with Crippen molar-refractivity contribution >= 4 is 23.3 Å². The molecule has 33 heavy (non-hydrogen) atoms. The van der Waals surface area contributed by atoms with Crippen molar-refractivity contribution in [2.75, 3.05) is 7.11 Å². The van der Waals surface area contributed by atoms with Crippen molar-refractivity contribution in [3.05, 3.63) is 112 Å². The molecule has 1 unspecified atom stereocenters. The predicted molar refractivity (Wildman–Crippen MR) is 127 cm³/mol. The zero-order chi connectivity index (χ0) is 23.4. The number of Topliss-reactive ketones (excluding diaryl/α,β-unsaturated/α-hetero) is 1. The Labute approximate surface area is 197 Å². The number of halogens is 1. The van der Waals surface area contributed by atoms with E-state index in [2.05, 4.69) is 0 Å². The van der Waals surface area contributed by atoms with Crippen LogP contribution in [0.5, 0.6) is 5.75 Å². The van der Waals surface area contributed by atoms with Crippen LogP contribution in [0.25, 0.3) is 0 Å². The number of ether oxygens (including phenoxy) is 1. The summed E-state index contributed by atoms with van der Waals surface area (Å²) in [6.07, 6.45) is 0.716. The van der Waals surface area contributed by atoms with E-state index in [-0.39, 0.29) is 24.3 Å². The second-order valence-electron chi connectivity index (χ2n) is 7.91. The average molecular weight is 462 g/mol. The maximum Gasteiger partial charge on any atom is 0.290 e. The molecule has 1 N–H and O–H groups in total. The molecular formula is C27H24ClNO4. The number of carbonyl (C=O) groups excluding carboxylic acids is 2. The molecule has 1 heterocycles. The van der Waals surface area contributed by atoms with E-state index in [0.717, 1.165) is 11.1 Å². The summed E-state index contributed by atoms with van der Waals surface area (Å²) in [4.78, 5) is 27.9. The Balaban J connectivity index is 1.64. The zero-order valence-electron chi connectivity index (χ0n) is 18.2. The third kappa shape index (κ3) is 4.94. The van der Waals surface area contributed by atoms with Gasteiger partial charge in [-0.1, -0.05) is 66.2 Å². The molecule has 0 fully saturated rings. The largest absolute Gasteiger partial charge is 0.503 e. The van der Waals surface area contributed by atoms with Gasteiger partial charge < -0.3 is 14.7 Å². The number of aryl methyl sites for hydroxylation is 1. The predicted octanol–water partition coefficient (Wildman–Crippen LogP) is 5.45. The van der Waals surface area contributed by atoms with Crippen molar-refractivity contribution < 1.29 is 19.4 Å². The van der Waals surface area contributed by atoms with Gasteiger partial charge in [0.15, 0.2) is 11.5 Å². The number of nitrogens with zero attached hydrogens (tertiary/aromatic N) is 1. The van der Waals surface area contributed by atoms with Gasteiger partial charge in [0.2, 0.25) is 0 Å². The molecular weight excluding hydrogens is 438 g/mol. The first kappa shape index (κ1) is 22.6. The number of amides is 1. The highest BCUT2D eigenvalue weighted by Gasteiger charge is 2.43. The summed E-state index contributed by atoms with van der Waals surface area (Å²) in [5, 5.41) is 11.3. The molecule has 3 aromatic carbocycles. The van der Waals surface area contributed by atoms with Crippen LogP contribution in [-0.2, 0) is 22.6 Å². The van der Waals surface area contributed by atoms with Crippen LogP contribution >= 0.6 is 11.6 Å². The van der Waals surface area contributed by atoms with Crippen molar-refractivity contribution in [3.63, 3.8) is 0 Å². The first-order valence-corrected chi connectivity index (χ1v) is 11.1. The molecule has 0 saturated carbocycles. The number of aliphatic hydroxyl groups excluding tert-OH is 1. The second-order valence-corrected chi connectivity index (χ2v) is 8.34. The number of hydrogen-bond acceptors (Lipinski definition) is 4. The van der Waals surface area contributed by atoms with E-state index >= 15 is 0 Å². The number of benzene rings is 3. The first-order chi connectivity index (χ1) is 16.0. The Bertz CT molecular complexity index is 1170. The average Bonchev–Trinajstić information content (AvgIpc) is 3.09. The van der Waals surface area contributed by atoms with Crippen LogP contribution in [0.1, 0.15) is 29.2 Å². The summed E-state index contributed by atoms with van der Waals surface area (Å²) >= 11 is 6.07. The van der Waals surface area contributed by atoms with Crippen LogP contribution in [0.2, 0.25) is 5.02 Å². The molecule has 1 amide bonds. The van der Waals surface area contributed by atoms with E-state index < -0.39 is 17.7 Å². The Hall–Kier alpha value is -3.57. The monoisotopic (exact) mass is 461 g/mol. The molecule has 0 aromatic heterocycles. The lowest BCUT2D eigenvalue weighted by molar-refractivity contribution is -0.130. The molecule has 4 rings (SSSR count). The molecule has 3 aromatic rings. The molecule has 0 bridgehead atoms. The molecule has 1 aliphatic heterocycles. The van der Waals surface area contributed by atoms with E-state index in [4.69, 9.17) is 16.3 Å². The van der Waals surface area contributed by atoms with Crippen LogP contribution < -0.4 is 4.74 Å². The minimum absolute atomic E-state index is 0.131. The Morgan fingerprint density at radius 2 is 1.64 bits per heavy atom. The Kier molecular flexibility index (Phi) is 6.80. The number of rotatable bonds is 8. The van der Waals surface area contributed by atoms with Crippen molar-refractivity contribution in [2.24, 2.45) is 0 Å². The van der Waals surface area contributed by atoms with Crippen LogP contribution in [0.3, 0.4) is 0 Å². The highest BCUT2D eigenvalue weighted by Crippen LogP contribution is 2.39. The standard InChI is InChI=1S/C27H24ClNO4/c1-33-22-14-7-19(8-15-22)17-29-25(20-10-12-21(28)13-11-20)24(26(31)27(29)32)23(30)16-9-18-5-3-2-4-6-18/h2-8,10-15,25,31H,9,16-17H2,1H3. The summed E-state index contributed by atoms with van der Waals surface area (Å²) in [5.41, 5.74) is 2.72. The lowest BCUT2D eigenvalue weighted by atomic mass is 9.93. The smallest absolute Gasteiger partial charge is 0.290 e. The van der Waals surface area contributed by atoms with Gasteiger partial charge in [-0.2, -0.15) is 0 Å². The minimum atomic E-state index is -0.694. The number of aliphatic hydroxyl groups is 1. The summed E-state index contributed by atoms with van der Waals surface area (Å²) in [6, 6.07) is 23.3. The zero-order valence-corrected chi connectivity index (χ0v) is 19.0. The van der Waals surface area contributed by atoms with Gasteiger partial charge in [-0.3, -0.25) is 9.59 Å². The minimum Gasteiger partial charge on any atom is -0.503 e. The fourth-order valence-electron chi connectivity index (χ4n) is 4.06. The molecule has 0 radical (unpaired) electrons. The van der Waals surface area contributed by atoms with Crippen molar-refractivity contribution in [1.29, 1.82) is 0 Å². The van der Waals surface area contributed by atoms with Crippen molar-refractivity contribution in [2.45, 2.75) is 25.4 Å². The molecule has 1 atom stereocenters. The summed E-state index contributed by atoms with van der Waals surface area (Å²) < 4.78 is 5.20. The van der Waals surface area contributed by atoms with Crippen LogP contribution in [0.15, 0.2) is 90.2 Å². The molecule has 0 spiro atoms. The number of ketones is 1. The van der Waals surface area contributed by atoms with Gasteiger partial charge in [0.1, 0.15) is 5.75 Å². The van der Waals surface area contributed by atoms with Gasteiger partial charge in [0, 0.05) is 18.0 Å². The molecule has 1 aliphatic rings. The number of carbonyl (C=O) groups is 2. The second kappa shape index (κ2) is 9.92. The Morgan fingerprint density at radius 1 is 0.970 bits per heavy atom. The fraction of sp³-hybridized carbons (Fsp3) is 0.185. The highest BCUT2D eigenvalue weighted by molar-refractivity contribution is 6.30. The summed E-state index contributed by atoms with van der Waals surface area (Å²) in [7, 11) is 1.59. The maximum absolute atomic E-state index is 13.3. The lowest BCUT2D eigenvalue weighted by Crippen LogP contribution is -2.30. The van der Waals surface area contributed by atoms with E-state index in [9.17, 15) is 14.7 Å². The Morgan fingerprint density at radius 3 is 2.27 bits per heavy atom. The van der Waals surface area contributed by atoms with E-state index in [1.807, 2.05) is 54.6 Å². The van der Waals surface area contributed by atoms with Crippen LogP contribution in [-0.4, -0.2) is 28.8 Å². The summed E-state index contributed by atoms with van der Waals surface area (Å²) in [6.45, 7) is 0.232. The third-order valence-corrected chi connectivity index (χ3v) is 6.04. The van der Waals surface area contributed by atoms with Crippen LogP contribution in [0, 0.1) is 0 Å². The summed E-state index contributed by atoms with van der Waals surface area (Å²) in [5.74, 6) is -0.587. The molecule has 168 valence electrons. The topological polar surface area (TPSA) is 66.8 Å². The van der Waals surface area contributed by atoms with Crippen molar-refractivity contribution in [1.82, 2.24) is 4.90 Å². The normalized spacial score (nSPS) is 15.8. The molecule has 0 aliphatic carbocycles. The van der Waals surface area contributed by atoms with Crippen LogP contribution in [0.4, 0.5) is 0 Å². The van der Waals surface area contributed by atoms with Gasteiger partial charge in [-0.15, -0.1) is 0 Å². The van der Waals surface area contributed by atoms with Gasteiger partial charge in [-0.05, 0) is 47.4 Å². The van der Waals surface area contributed by atoms with E-state index in [1.165, 1.54) is 4.90 Å². The molecule has 5 nitrogen and oxygen atoms in total. The highest BCUT2D eigenvalue weighted by atomic mass is 35.5. The fourth-order valence-corrected chi connectivity index (χ4v) is 4.18. The molecule has 0 saturated heterocycles. The van der Waals surface area contributed by atoms with Crippen molar-refractivity contribution in [3.8, 4) is 5.75 Å². The first-order valence-electron chi connectivity index (χ1n) is 10.7. The SMILES string of the molecule is COc1ccc(CN2C(=O)C(O)=C(C(=O)CCc3ccccc3)C2c2ccc(Cl)cc2)cc1. The van der Waals surface area contributed by atoms with Gasteiger partial charge in [0.05, 0.1) is 18.7 Å². The van der Waals surface area contributed by atoms with Gasteiger partial charge in [0.25, 0.3) is 5.91 Å². The van der Waals surface area contributed by atoms with Gasteiger partial charge in [-0.25, -0.2) is 0 Å². The van der Waals surface area contributed by atoms with Gasteiger partial charge >= 0.3 is 0 Å². The quantitative estimate of drug-likeness (QED) is 0.484. The van der Waals surface area contributed by atoms with E-state index in [1.54, 1.807) is 31.4 Å². The third-order valence-electron chi connectivity index (χ3n) is 5.79. The lowest BCUT2D eigenvalue weighted by Gasteiger charge is -2.27.